The number of benzene rings is 1. The number of rotatable bonds is 3. The highest BCUT2D eigenvalue weighted by Crippen LogP contribution is 2.41. The minimum Gasteiger partial charge on any atom is -0.385 e. The quantitative estimate of drug-likeness (QED) is 0.590. The van der Waals surface area contributed by atoms with E-state index in [9.17, 15) is 10.1 Å². The lowest BCUT2D eigenvalue weighted by atomic mass is 10.1. The van der Waals surface area contributed by atoms with Crippen molar-refractivity contribution in [1.29, 1.82) is 0 Å². The van der Waals surface area contributed by atoms with Gasteiger partial charge in [-0.15, -0.1) is 0 Å². The fourth-order valence-electron chi connectivity index (χ4n) is 1.49. The van der Waals surface area contributed by atoms with Gasteiger partial charge < -0.3 is 5.11 Å². The number of aliphatic hydroxyl groups excluding tert-OH is 1. The van der Waals surface area contributed by atoms with Crippen LogP contribution in [0.25, 0.3) is 0 Å². The van der Waals surface area contributed by atoms with Crippen LogP contribution in [0, 0.1) is 16.7 Å². The van der Waals surface area contributed by atoms with E-state index in [1.165, 1.54) is 6.07 Å². The maximum Gasteiger partial charge on any atom is 0.270 e. The van der Waals surface area contributed by atoms with Crippen molar-refractivity contribution < 1.29 is 10.0 Å². The first-order chi connectivity index (χ1) is 6.70. The summed E-state index contributed by atoms with van der Waals surface area (Å²) in [6.07, 6.45) is 2.18. The molecule has 1 aliphatic carbocycles. The van der Waals surface area contributed by atoms with Crippen LogP contribution in [0.2, 0.25) is 0 Å². The molecule has 1 radical (unpaired) electrons. The van der Waals surface area contributed by atoms with Gasteiger partial charge in [0.15, 0.2) is 0 Å². The number of nitrogens with zero attached hydrogens (tertiary/aromatic N) is 1. The van der Waals surface area contributed by atoms with Crippen LogP contribution in [0.1, 0.15) is 29.9 Å². The van der Waals surface area contributed by atoms with Crippen molar-refractivity contribution in [3.63, 3.8) is 0 Å². The van der Waals surface area contributed by atoms with E-state index in [1.807, 2.05) is 0 Å². The van der Waals surface area contributed by atoms with E-state index in [0.717, 1.165) is 25.0 Å². The lowest BCUT2D eigenvalue weighted by Gasteiger charge is -2.01. The average molecular weight is 192 g/mol. The third-order valence-electron chi connectivity index (χ3n) is 2.37. The SMILES string of the molecule is O=[N+]([O-])c1cc([CH]O)cc(C2CC2)c1. The van der Waals surface area contributed by atoms with Crippen molar-refractivity contribution in [2.75, 3.05) is 0 Å². The van der Waals surface area contributed by atoms with E-state index in [-0.39, 0.29) is 5.69 Å². The van der Waals surface area contributed by atoms with Crippen LogP contribution in [0.15, 0.2) is 18.2 Å². The van der Waals surface area contributed by atoms with Gasteiger partial charge in [-0.05, 0) is 29.9 Å². The van der Waals surface area contributed by atoms with Crippen LogP contribution in [-0.2, 0) is 0 Å². The Morgan fingerprint density at radius 2 is 2.14 bits per heavy atom. The molecule has 0 bridgehead atoms. The topological polar surface area (TPSA) is 63.4 Å². The predicted octanol–water partition coefficient (Wildman–Crippen LogP) is 2.35. The zero-order valence-electron chi connectivity index (χ0n) is 7.51. The van der Waals surface area contributed by atoms with E-state index in [1.54, 1.807) is 12.1 Å². The van der Waals surface area contributed by atoms with Crippen LogP contribution in [-0.4, -0.2) is 10.0 Å². The van der Waals surface area contributed by atoms with Crippen LogP contribution in [0.3, 0.4) is 0 Å². The maximum absolute atomic E-state index is 10.6. The molecule has 0 atom stereocenters. The molecule has 1 fully saturated rings. The number of nitro groups is 1. The third-order valence-corrected chi connectivity index (χ3v) is 2.37. The number of hydrogen-bond acceptors (Lipinski definition) is 3. The fraction of sp³-hybridized carbons (Fsp3) is 0.300. The lowest BCUT2D eigenvalue weighted by molar-refractivity contribution is -0.385. The first-order valence-electron chi connectivity index (χ1n) is 4.47. The van der Waals surface area contributed by atoms with Crippen molar-refractivity contribution in [2.24, 2.45) is 0 Å². The summed E-state index contributed by atoms with van der Waals surface area (Å²) in [5, 5.41) is 19.4. The standard InChI is InChI=1S/C10H10NO3/c12-6-7-3-9(8-1-2-8)5-10(4-7)11(13)14/h3-6,8,12H,1-2H2. The third kappa shape index (κ3) is 1.75. The molecule has 4 heteroatoms. The molecule has 1 aromatic carbocycles. The minimum absolute atomic E-state index is 0.0506. The van der Waals surface area contributed by atoms with Gasteiger partial charge in [-0.2, -0.15) is 0 Å². The normalized spacial score (nSPS) is 15.5. The highest BCUT2D eigenvalue weighted by molar-refractivity contribution is 5.43. The molecular formula is C10H10NO3. The monoisotopic (exact) mass is 192 g/mol. The first-order valence-corrected chi connectivity index (χ1v) is 4.47. The lowest BCUT2D eigenvalue weighted by Crippen LogP contribution is -1.92. The van der Waals surface area contributed by atoms with Crippen LogP contribution < -0.4 is 0 Å². The van der Waals surface area contributed by atoms with E-state index in [2.05, 4.69) is 0 Å². The van der Waals surface area contributed by atoms with Crippen molar-refractivity contribution >= 4 is 5.69 Å². The van der Waals surface area contributed by atoms with E-state index < -0.39 is 4.92 Å². The molecule has 2 rings (SSSR count). The number of nitro benzene ring substituents is 1. The zero-order valence-corrected chi connectivity index (χ0v) is 7.51. The fourth-order valence-corrected chi connectivity index (χ4v) is 1.49. The Labute approximate surface area is 81.3 Å². The Morgan fingerprint density at radius 3 is 2.64 bits per heavy atom. The molecule has 1 saturated carbocycles. The molecule has 1 N–H and O–H groups in total. The zero-order chi connectivity index (χ0) is 10.1. The highest BCUT2D eigenvalue weighted by Gasteiger charge is 2.25. The second-order valence-electron chi connectivity index (χ2n) is 3.52. The van der Waals surface area contributed by atoms with Crippen LogP contribution in [0.5, 0.6) is 0 Å². The van der Waals surface area contributed by atoms with E-state index >= 15 is 0 Å². The largest absolute Gasteiger partial charge is 0.385 e. The second kappa shape index (κ2) is 3.38. The molecule has 0 heterocycles. The highest BCUT2D eigenvalue weighted by atomic mass is 16.6. The molecular weight excluding hydrogens is 182 g/mol. The summed E-state index contributed by atoms with van der Waals surface area (Å²) in [6, 6.07) is 4.75. The first kappa shape index (κ1) is 9.15. The summed E-state index contributed by atoms with van der Waals surface area (Å²) in [4.78, 5) is 10.1. The number of hydrogen-bond donors (Lipinski definition) is 1. The van der Waals surface area contributed by atoms with Gasteiger partial charge in [-0.25, -0.2) is 0 Å². The summed E-state index contributed by atoms with van der Waals surface area (Å²) in [7, 11) is 0. The minimum atomic E-state index is -0.432. The van der Waals surface area contributed by atoms with Gasteiger partial charge in [-0.3, -0.25) is 10.1 Å². The van der Waals surface area contributed by atoms with Gasteiger partial charge in [0, 0.05) is 12.1 Å². The molecule has 1 aliphatic rings. The Hall–Kier alpha value is -1.42. The summed E-state index contributed by atoms with van der Waals surface area (Å²) >= 11 is 0. The van der Waals surface area contributed by atoms with Gasteiger partial charge in [0.2, 0.25) is 0 Å². The molecule has 0 aromatic heterocycles. The Balaban J connectivity index is 2.40. The summed E-state index contributed by atoms with van der Waals surface area (Å²) < 4.78 is 0. The molecule has 1 aromatic rings. The molecule has 4 nitrogen and oxygen atoms in total. The van der Waals surface area contributed by atoms with Crippen LogP contribution in [0.4, 0.5) is 5.69 Å². The number of aliphatic hydroxyl groups is 1. The summed E-state index contributed by atoms with van der Waals surface area (Å²) in [5.41, 5.74) is 1.51. The Morgan fingerprint density at radius 1 is 1.43 bits per heavy atom. The van der Waals surface area contributed by atoms with Gasteiger partial charge in [0.05, 0.1) is 4.92 Å². The average Bonchev–Trinajstić information content (AvgIpc) is 3.00. The predicted molar refractivity (Wildman–Crippen MR) is 50.4 cm³/mol. The van der Waals surface area contributed by atoms with Crippen molar-refractivity contribution in [3.8, 4) is 0 Å². The van der Waals surface area contributed by atoms with E-state index in [4.69, 9.17) is 5.11 Å². The number of non-ortho nitro benzene ring substituents is 1. The smallest absolute Gasteiger partial charge is 0.270 e. The van der Waals surface area contributed by atoms with Gasteiger partial charge in [-0.1, -0.05) is 6.07 Å². The maximum atomic E-state index is 10.6. The van der Waals surface area contributed by atoms with Crippen molar-refractivity contribution in [1.82, 2.24) is 0 Å². The summed E-state index contributed by atoms with van der Waals surface area (Å²) in [5.74, 6) is 0.452. The van der Waals surface area contributed by atoms with E-state index in [0.29, 0.717) is 11.5 Å². The second-order valence-corrected chi connectivity index (χ2v) is 3.52. The Bertz CT molecular complexity index is 372. The van der Waals surface area contributed by atoms with Gasteiger partial charge >= 0.3 is 0 Å². The molecule has 0 aliphatic heterocycles. The van der Waals surface area contributed by atoms with Gasteiger partial charge in [0.25, 0.3) is 5.69 Å². The van der Waals surface area contributed by atoms with Crippen molar-refractivity contribution in [3.05, 3.63) is 46.0 Å². The van der Waals surface area contributed by atoms with Gasteiger partial charge in [0.1, 0.15) is 6.61 Å². The molecule has 0 amide bonds. The van der Waals surface area contributed by atoms with Crippen molar-refractivity contribution in [2.45, 2.75) is 18.8 Å². The molecule has 0 spiro atoms. The van der Waals surface area contributed by atoms with Crippen LogP contribution >= 0.6 is 0 Å². The summed E-state index contributed by atoms with van der Waals surface area (Å²) in [6.45, 7) is 0.902. The Kier molecular flexibility index (Phi) is 2.21. The molecule has 0 unspecified atom stereocenters. The molecule has 0 saturated heterocycles. The molecule has 14 heavy (non-hydrogen) atoms. The molecule has 73 valence electrons.